The van der Waals surface area contributed by atoms with Crippen LogP contribution in [0, 0.1) is 0 Å². The number of halogens is 3. The molecule has 0 radical (unpaired) electrons. The Morgan fingerprint density at radius 1 is 1.28 bits per heavy atom. The monoisotopic (exact) mass is 403 g/mol. The van der Waals surface area contributed by atoms with Gasteiger partial charge in [-0.25, -0.2) is 9.50 Å². The smallest absolute Gasteiger partial charge is 0.330 e. The molecular formula is C20H20F3N5O. The van der Waals surface area contributed by atoms with Crippen molar-refractivity contribution in [3.05, 3.63) is 59.3 Å². The van der Waals surface area contributed by atoms with Gasteiger partial charge in [0.1, 0.15) is 5.69 Å². The van der Waals surface area contributed by atoms with Crippen LogP contribution < -0.4 is 0 Å². The van der Waals surface area contributed by atoms with E-state index in [0.29, 0.717) is 36.3 Å². The van der Waals surface area contributed by atoms with Gasteiger partial charge in [0.2, 0.25) is 0 Å². The predicted molar refractivity (Wildman–Crippen MR) is 99.2 cm³/mol. The maximum absolute atomic E-state index is 13.6. The number of aryl methyl sites for hydroxylation is 1. The predicted octanol–water partition coefficient (Wildman–Crippen LogP) is 4.07. The molecule has 0 aromatic carbocycles. The second kappa shape index (κ2) is 7.46. The highest BCUT2D eigenvalue weighted by Gasteiger charge is 2.36. The molecule has 4 rings (SSSR count). The summed E-state index contributed by atoms with van der Waals surface area (Å²) in [6.07, 6.45) is 1.26. The number of piperidine rings is 1. The number of carbonyl (C=O) groups is 1. The van der Waals surface area contributed by atoms with Gasteiger partial charge in [-0.1, -0.05) is 6.92 Å². The maximum atomic E-state index is 13.6. The van der Waals surface area contributed by atoms with Crippen molar-refractivity contribution < 1.29 is 18.0 Å². The summed E-state index contributed by atoms with van der Waals surface area (Å²) < 4.78 is 41.5. The van der Waals surface area contributed by atoms with Crippen molar-refractivity contribution in [1.29, 1.82) is 0 Å². The number of hydrogen-bond donors (Lipinski definition) is 0. The molecule has 29 heavy (non-hydrogen) atoms. The van der Waals surface area contributed by atoms with E-state index in [2.05, 4.69) is 15.1 Å². The minimum absolute atomic E-state index is 0.144. The third kappa shape index (κ3) is 3.68. The van der Waals surface area contributed by atoms with Gasteiger partial charge >= 0.3 is 6.18 Å². The fourth-order valence-electron chi connectivity index (χ4n) is 3.73. The van der Waals surface area contributed by atoms with Crippen LogP contribution in [0.25, 0.3) is 5.65 Å². The summed E-state index contributed by atoms with van der Waals surface area (Å²) in [4.78, 5) is 22.9. The van der Waals surface area contributed by atoms with Crippen LogP contribution in [0.5, 0.6) is 0 Å². The van der Waals surface area contributed by atoms with E-state index in [1.165, 1.54) is 6.20 Å². The van der Waals surface area contributed by atoms with E-state index in [4.69, 9.17) is 0 Å². The first kappa shape index (κ1) is 19.4. The van der Waals surface area contributed by atoms with Crippen LogP contribution in [0.1, 0.15) is 59.7 Å². The first-order chi connectivity index (χ1) is 13.9. The lowest BCUT2D eigenvalue weighted by Gasteiger charge is -2.34. The summed E-state index contributed by atoms with van der Waals surface area (Å²) in [6, 6.07) is 5.56. The van der Waals surface area contributed by atoms with Crippen LogP contribution >= 0.6 is 0 Å². The third-order valence-electron chi connectivity index (χ3n) is 5.17. The van der Waals surface area contributed by atoms with E-state index in [0.717, 1.165) is 23.4 Å². The second-order valence-electron chi connectivity index (χ2n) is 7.08. The molecule has 152 valence electrons. The quantitative estimate of drug-likeness (QED) is 0.661. The second-order valence-corrected chi connectivity index (χ2v) is 7.08. The fourth-order valence-corrected chi connectivity index (χ4v) is 3.73. The van der Waals surface area contributed by atoms with Crippen LogP contribution in [0.4, 0.5) is 13.2 Å². The van der Waals surface area contributed by atoms with Crippen molar-refractivity contribution >= 4 is 11.6 Å². The molecular weight excluding hydrogens is 383 g/mol. The molecule has 6 nitrogen and oxygen atoms in total. The zero-order valence-corrected chi connectivity index (χ0v) is 15.9. The first-order valence-electron chi connectivity index (χ1n) is 9.56. The molecule has 1 aliphatic rings. The Hall–Kier alpha value is -2.97. The lowest BCUT2D eigenvalue weighted by atomic mass is 9.98. The van der Waals surface area contributed by atoms with Gasteiger partial charge in [0, 0.05) is 30.7 Å². The Labute approximate surface area is 165 Å². The van der Waals surface area contributed by atoms with E-state index in [-0.39, 0.29) is 11.6 Å². The highest BCUT2D eigenvalue weighted by Crippen LogP contribution is 2.34. The summed E-state index contributed by atoms with van der Waals surface area (Å²) >= 11 is 0. The number of likely N-dealkylation sites (tertiary alicyclic amines) is 1. The molecule has 3 aromatic rings. The summed E-state index contributed by atoms with van der Waals surface area (Å²) in [5.41, 5.74) is 0.513. The summed E-state index contributed by atoms with van der Waals surface area (Å²) in [6.45, 7) is 2.28. The molecule has 1 fully saturated rings. The Bertz CT molecular complexity index is 1030. The van der Waals surface area contributed by atoms with Gasteiger partial charge in [0.15, 0.2) is 5.65 Å². The van der Waals surface area contributed by atoms with Gasteiger partial charge in [-0.2, -0.15) is 18.3 Å². The Morgan fingerprint density at radius 3 is 2.79 bits per heavy atom. The minimum Gasteiger partial charge on any atom is -0.330 e. The molecule has 3 aromatic heterocycles. The molecule has 0 saturated carbocycles. The lowest BCUT2D eigenvalue weighted by Crippen LogP contribution is -2.38. The number of pyridine rings is 1. The molecule has 0 bridgehead atoms. The zero-order chi connectivity index (χ0) is 20.6. The Morgan fingerprint density at radius 2 is 2.10 bits per heavy atom. The number of fused-ring (bicyclic) bond motifs is 1. The molecule has 4 heterocycles. The molecule has 0 N–H and O–H groups in total. The van der Waals surface area contributed by atoms with Crippen LogP contribution in [0.3, 0.4) is 0 Å². The molecule has 0 aliphatic carbocycles. The largest absolute Gasteiger partial charge is 0.433 e. The van der Waals surface area contributed by atoms with E-state index < -0.39 is 17.9 Å². The molecule has 1 saturated heterocycles. The summed E-state index contributed by atoms with van der Waals surface area (Å²) in [5.74, 6) is -0.196. The van der Waals surface area contributed by atoms with Crippen molar-refractivity contribution in [1.82, 2.24) is 24.5 Å². The van der Waals surface area contributed by atoms with Gasteiger partial charge < -0.3 is 4.90 Å². The van der Waals surface area contributed by atoms with Crippen molar-refractivity contribution in [2.24, 2.45) is 0 Å². The number of hydrogen-bond acceptors (Lipinski definition) is 4. The first-order valence-corrected chi connectivity index (χ1v) is 9.56. The van der Waals surface area contributed by atoms with E-state index in [1.54, 1.807) is 36.2 Å². The average molecular weight is 403 g/mol. The summed E-state index contributed by atoms with van der Waals surface area (Å²) in [7, 11) is 0. The van der Waals surface area contributed by atoms with Crippen LogP contribution in [0.15, 0.2) is 36.7 Å². The fraction of sp³-hybridized carbons (Fsp3) is 0.400. The number of carbonyl (C=O) groups excluding carboxylic acids is 1. The molecule has 1 unspecified atom stereocenters. The van der Waals surface area contributed by atoms with Crippen molar-refractivity contribution in [3.8, 4) is 0 Å². The normalized spacial score (nSPS) is 17.7. The van der Waals surface area contributed by atoms with Gasteiger partial charge in [0.25, 0.3) is 5.91 Å². The van der Waals surface area contributed by atoms with E-state index in [9.17, 15) is 18.0 Å². The minimum atomic E-state index is -4.55. The van der Waals surface area contributed by atoms with Crippen molar-refractivity contribution in [2.45, 2.75) is 44.8 Å². The third-order valence-corrected chi connectivity index (χ3v) is 5.17. The zero-order valence-electron chi connectivity index (χ0n) is 15.9. The molecule has 1 amide bonds. The maximum Gasteiger partial charge on any atom is 0.433 e. The van der Waals surface area contributed by atoms with E-state index >= 15 is 0 Å². The highest BCUT2D eigenvalue weighted by molar-refractivity contribution is 5.94. The van der Waals surface area contributed by atoms with Gasteiger partial charge in [-0.3, -0.25) is 9.78 Å². The SMILES string of the molecule is CCc1cc(C(F)(F)F)n2nc(C3CCCCN3C(=O)c3cccnc3)cc2n1. The number of amides is 1. The number of aromatic nitrogens is 4. The standard InChI is InChI=1S/C20H20F3N5O/c1-2-14-10-17(20(21,22)23)28-18(25-14)11-15(26-28)16-7-3-4-9-27(16)19(29)13-6-5-8-24-12-13/h5-6,8,10-12,16H,2-4,7,9H2,1H3. The number of alkyl halides is 3. The molecule has 0 spiro atoms. The van der Waals surface area contributed by atoms with E-state index in [1.807, 2.05) is 0 Å². The van der Waals surface area contributed by atoms with Crippen LogP contribution in [-0.4, -0.2) is 36.9 Å². The average Bonchev–Trinajstić information content (AvgIpc) is 3.16. The molecule has 1 atom stereocenters. The van der Waals surface area contributed by atoms with Crippen molar-refractivity contribution in [2.75, 3.05) is 6.54 Å². The highest BCUT2D eigenvalue weighted by atomic mass is 19.4. The number of rotatable bonds is 3. The van der Waals surface area contributed by atoms with Crippen LogP contribution in [-0.2, 0) is 12.6 Å². The Kier molecular flexibility index (Phi) is 4.97. The van der Waals surface area contributed by atoms with Crippen LogP contribution in [0.2, 0.25) is 0 Å². The number of nitrogens with zero attached hydrogens (tertiary/aromatic N) is 5. The summed E-state index contributed by atoms with van der Waals surface area (Å²) in [5, 5.41) is 4.23. The van der Waals surface area contributed by atoms with Gasteiger partial charge in [-0.05, 0) is 43.9 Å². The molecule has 9 heteroatoms. The van der Waals surface area contributed by atoms with Gasteiger partial charge in [0.05, 0.1) is 17.3 Å². The Balaban J connectivity index is 1.77. The topological polar surface area (TPSA) is 63.4 Å². The van der Waals surface area contributed by atoms with Gasteiger partial charge in [-0.15, -0.1) is 0 Å². The molecule has 1 aliphatic heterocycles. The van der Waals surface area contributed by atoms with Crippen molar-refractivity contribution in [3.63, 3.8) is 0 Å². The lowest BCUT2D eigenvalue weighted by molar-refractivity contribution is -0.142.